The first-order valence-corrected chi connectivity index (χ1v) is 7.10. The zero-order chi connectivity index (χ0) is 14.8. The van der Waals surface area contributed by atoms with E-state index >= 15 is 0 Å². The Kier molecular flexibility index (Phi) is 3.94. The van der Waals surface area contributed by atoms with Gasteiger partial charge in [-0.2, -0.15) is 0 Å². The van der Waals surface area contributed by atoms with E-state index in [1.54, 1.807) is 17.7 Å². The molecule has 21 heavy (non-hydrogen) atoms. The number of methoxy groups -OCH3 is 1. The molecule has 0 N–H and O–H groups in total. The van der Waals surface area contributed by atoms with Crippen molar-refractivity contribution in [3.05, 3.63) is 40.2 Å². The van der Waals surface area contributed by atoms with Crippen LogP contribution in [0.25, 0.3) is 10.9 Å². The van der Waals surface area contributed by atoms with Gasteiger partial charge in [0.25, 0.3) is 5.56 Å². The first-order chi connectivity index (χ1) is 10.2. The second kappa shape index (κ2) is 5.87. The molecule has 1 fully saturated rings. The minimum atomic E-state index is -0.209. The number of benzene rings is 1. The van der Waals surface area contributed by atoms with Crippen LogP contribution in [0.1, 0.15) is 12.0 Å². The van der Waals surface area contributed by atoms with Crippen molar-refractivity contribution in [2.75, 3.05) is 20.3 Å². The molecule has 5 nitrogen and oxygen atoms in total. The van der Waals surface area contributed by atoms with Crippen LogP contribution in [0.2, 0.25) is 0 Å². The lowest BCUT2D eigenvalue weighted by atomic mass is 10.1. The lowest BCUT2D eigenvalue weighted by molar-refractivity contribution is -0.0490. The molecule has 0 aliphatic carbocycles. The molecule has 0 amide bonds. The van der Waals surface area contributed by atoms with E-state index in [9.17, 15) is 4.79 Å². The molecule has 0 unspecified atom stereocenters. The topological polar surface area (TPSA) is 49.7 Å². The smallest absolute Gasteiger partial charge is 0.251 e. The highest BCUT2D eigenvalue weighted by atomic mass is 16.7. The summed E-state index contributed by atoms with van der Waals surface area (Å²) in [6.07, 6.45) is 0.453. The second-order valence-electron chi connectivity index (χ2n) is 5.16. The fourth-order valence-electron chi connectivity index (χ4n) is 2.69. The maximum Gasteiger partial charge on any atom is 0.251 e. The molecular formula is C16H19NO4. The Hall–Kier alpha value is -1.85. The van der Waals surface area contributed by atoms with Gasteiger partial charge in [-0.05, 0) is 24.6 Å². The summed E-state index contributed by atoms with van der Waals surface area (Å²) in [6, 6.07) is 7.47. The number of nitrogens with zero attached hydrogens (tertiary/aromatic N) is 1. The molecule has 112 valence electrons. The fraction of sp³-hybridized carbons (Fsp3) is 0.438. The van der Waals surface area contributed by atoms with Gasteiger partial charge in [0.05, 0.1) is 25.8 Å². The van der Waals surface area contributed by atoms with Crippen LogP contribution >= 0.6 is 0 Å². The van der Waals surface area contributed by atoms with E-state index < -0.39 is 0 Å². The molecular weight excluding hydrogens is 270 g/mol. The van der Waals surface area contributed by atoms with Crippen molar-refractivity contribution < 1.29 is 14.2 Å². The van der Waals surface area contributed by atoms with Gasteiger partial charge in [0.1, 0.15) is 5.75 Å². The predicted molar refractivity (Wildman–Crippen MR) is 79.8 cm³/mol. The zero-order valence-corrected chi connectivity index (χ0v) is 12.3. The van der Waals surface area contributed by atoms with E-state index in [1.807, 2.05) is 25.1 Å². The molecule has 1 aliphatic heterocycles. The Morgan fingerprint density at radius 3 is 2.76 bits per heavy atom. The van der Waals surface area contributed by atoms with Gasteiger partial charge in [-0.15, -0.1) is 0 Å². The van der Waals surface area contributed by atoms with Gasteiger partial charge in [-0.3, -0.25) is 4.79 Å². The standard InChI is InChI=1S/C16H19NO4/c1-11-9-15(18)17(6-5-16-20-7-8-21-16)14-10-12(19-2)3-4-13(11)14/h3-4,9-10,16H,5-8H2,1-2H3. The van der Waals surface area contributed by atoms with Crippen LogP contribution in [0.3, 0.4) is 0 Å². The fourth-order valence-corrected chi connectivity index (χ4v) is 2.69. The van der Waals surface area contributed by atoms with Gasteiger partial charge < -0.3 is 18.8 Å². The van der Waals surface area contributed by atoms with Gasteiger partial charge in [-0.1, -0.05) is 0 Å². The third-order valence-electron chi connectivity index (χ3n) is 3.81. The van der Waals surface area contributed by atoms with Crippen LogP contribution < -0.4 is 10.3 Å². The minimum absolute atomic E-state index is 0.00810. The highest BCUT2D eigenvalue weighted by Gasteiger charge is 2.16. The quantitative estimate of drug-likeness (QED) is 0.864. The molecule has 0 bridgehead atoms. The molecule has 2 heterocycles. The molecule has 0 spiro atoms. The van der Waals surface area contributed by atoms with E-state index in [-0.39, 0.29) is 11.8 Å². The SMILES string of the molecule is COc1ccc2c(C)cc(=O)n(CCC3OCCO3)c2c1. The summed E-state index contributed by atoms with van der Waals surface area (Å²) in [7, 11) is 1.62. The number of aryl methyl sites for hydroxylation is 2. The van der Waals surface area contributed by atoms with E-state index in [1.165, 1.54) is 0 Å². The maximum absolute atomic E-state index is 12.3. The molecule has 5 heteroatoms. The van der Waals surface area contributed by atoms with E-state index in [4.69, 9.17) is 14.2 Å². The number of hydrogen-bond donors (Lipinski definition) is 0. The Balaban J connectivity index is 2.00. The zero-order valence-electron chi connectivity index (χ0n) is 12.3. The number of fused-ring (bicyclic) bond motifs is 1. The van der Waals surface area contributed by atoms with E-state index in [2.05, 4.69) is 0 Å². The van der Waals surface area contributed by atoms with Crippen molar-refractivity contribution in [3.8, 4) is 5.75 Å². The first-order valence-electron chi connectivity index (χ1n) is 7.10. The first kappa shape index (κ1) is 14.1. The maximum atomic E-state index is 12.3. The molecule has 1 saturated heterocycles. The van der Waals surface area contributed by atoms with Crippen molar-refractivity contribution >= 4 is 10.9 Å². The Bertz CT molecular complexity index is 701. The summed E-state index contributed by atoms with van der Waals surface area (Å²) < 4.78 is 17.9. The minimum Gasteiger partial charge on any atom is -0.497 e. The van der Waals surface area contributed by atoms with Crippen LogP contribution in [0.4, 0.5) is 0 Å². The predicted octanol–water partition coefficient (Wildman–Crippen LogP) is 2.08. The third-order valence-corrected chi connectivity index (χ3v) is 3.81. The number of aromatic nitrogens is 1. The van der Waals surface area contributed by atoms with Gasteiger partial charge in [0.2, 0.25) is 0 Å². The molecule has 1 aromatic heterocycles. The lowest BCUT2D eigenvalue weighted by Gasteiger charge is -2.15. The number of ether oxygens (including phenoxy) is 3. The van der Waals surface area contributed by atoms with E-state index in [0.717, 1.165) is 22.2 Å². The lowest BCUT2D eigenvalue weighted by Crippen LogP contribution is -2.23. The van der Waals surface area contributed by atoms with Gasteiger partial charge >= 0.3 is 0 Å². The van der Waals surface area contributed by atoms with Crippen LogP contribution in [-0.4, -0.2) is 31.2 Å². The van der Waals surface area contributed by atoms with Gasteiger partial charge in [-0.25, -0.2) is 0 Å². The summed E-state index contributed by atoms with van der Waals surface area (Å²) in [5.41, 5.74) is 1.85. The van der Waals surface area contributed by atoms with E-state index in [0.29, 0.717) is 26.2 Å². The molecule has 2 aromatic rings. The summed E-state index contributed by atoms with van der Waals surface area (Å²) in [6.45, 7) is 3.77. The number of pyridine rings is 1. The summed E-state index contributed by atoms with van der Waals surface area (Å²) in [5.74, 6) is 0.745. The average molecular weight is 289 g/mol. The largest absolute Gasteiger partial charge is 0.497 e. The highest BCUT2D eigenvalue weighted by Crippen LogP contribution is 2.22. The van der Waals surface area contributed by atoms with Crippen LogP contribution in [0.5, 0.6) is 5.75 Å². The molecule has 1 aliphatic rings. The molecule has 0 saturated carbocycles. The molecule has 0 radical (unpaired) electrons. The molecule has 0 atom stereocenters. The number of rotatable bonds is 4. The average Bonchev–Trinajstić information content (AvgIpc) is 2.99. The normalized spacial score (nSPS) is 15.7. The van der Waals surface area contributed by atoms with Crippen LogP contribution in [0.15, 0.2) is 29.1 Å². The van der Waals surface area contributed by atoms with Crippen molar-refractivity contribution in [2.24, 2.45) is 0 Å². The third kappa shape index (κ3) is 2.80. The van der Waals surface area contributed by atoms with Crippen LogP contribution in [0, 0.1) is 6.92 Å². The second-order valence-corrected chi connectivity index (χ2v) is 5.16. The van der Waals surface area contributed by atoms with Crippen LogP contribution in [-0.2, 0) is 16.0 Å². The molecule has 1 aromatic carbocycles. The van der Waals surface area contributed by atoms with Crippen molar-refractivity contribution in [2.45, 2.75) is 26.2 Å². The van der Waals surface area contributed by atoms with Crippen molar-refractivity contribution in [1.82, 2.24) is 4.57 Å². The van der Waals surface area contributed by atoms with Crippen molar-refractivity contribution in [1.29, 1.82) is 0 Å². The Morgan fingerprint density at radius 2 is 2.05 bits per heavy atom. The van der Waals surface area contributed by atoms with Gasteiger partial charge in [0.15, 0.2) is 6.29 Å². The molecule has 3 rings (SSSR count). The van der Waals surface area contributed by atoms with Gasteiger partial charge in [0, 0.05) is 30.5 Å². The summed E-state index contributed by atoms with van der Waals surface area (Å²) in [5, 5.41) is 1.06. The summed E-state index contributed by atoms with van der Waals surface area (Å²) in [4.78, 5) is 12.3. The monoisotopic (exact) mass is 289 g/mol. The number of hydrogen-bond acceptors (Lipinski definition) is 4. The highest BCUT2D eigenvalue weighted by molar-refractivity contribution is 5.83. The Morgan fingerprint density at radius 1 is 1.29 bits per heavy atom. The van der Waals surface area contributed by atoms with Crippen molar-refractivity contribution in [3.63, 3.8) is 0 Å². The Labute approximate surface area is 123 Å². The summed E-state index contributed by atoms with van der Waals surface area (Å²) >= 11 is 0.